The Kier molecular flexibility index (Phi) is 10.1. The molecule has 0 aliphatic heterocycles. The lowest BCUT2D eigenvalue weighted by atomic mass is 9.84. The van der Waals surface area contributed by atoms with Crippen LogP contribution in [-0.4, -0.2) is 32.0 Å². The third-order valence-corrected chi connectivity index (χ3v) is 4.51. The van der Waals surface area contributed by atoms with Crippen LogP contribution in [0.1, 0.15) is 42.3 Å². The third kappa shape index (κ3) is 7.64. The fraction of sp³-hybridized carbons (Fsp3) is 0.364. The molecule has 0 heterocycles. The summed E-state index contributed by atoms with van der Waals surface area (Å²) in [6, 6.07) is 14.1. The lowest BCUT2D eigenvalue weighted by Gasteiger charge is -2.27. The largest absolute Gasteiger partial charge is 0.356 e. The van der Waals surface area contributed by atoms with Crippen LogP contribution in [-0.2, 0) is 12.0 Å². The molecule has 158 valence electrons. The normalized spacial score (nSPS) is 11.4. The van der Waals surface area contributed by atoms with E-state index >= 15 is 0 Å². The zero-order valence-electron chi connectivity index (χ0n) is 17.4. The molecule has 0 aromatic heterocycles. The van der Waals surface area contributed by atoms with Crippen LogP contribution in [0.4, 0.5) is 4.39 Å². The van der Waals surface area contributed by atoms with Crippen molar-refractivity contribution in [2.45, 2.75) is 32.7 Å². The molecule has 0 radical (unpaired) electrons. The first-order valence-electron chi connectivity index (χ1n) is 9.43. The van der Waals surface area contributed by atoms with Crippen LogP contribution in [0.15, 0.2) is 53.5 Å². The number of halogens is 2. The van der Waals surface area contributed by atoms with Crippen LogP contribution in [0, 0.1) is 5.82 Å². The minimum atomic E-state index is -0.266. The zero-order valence-corrected chi connectivity index (χ0v) is 19.7. The maximum Gasteiger partial charge on any atom is 0.251 e. The van der Waals surface area contributed by atoms with Crippen molar-refractivity contribution in [2.24, 2.45) is 4.99 Å². The molecular formula is C22H30FIN4O. The summed E-state index contributed by atoms with van der Waals surface area (Å²) in [4.78, 5) is 16.2. The van der Waals surface area contributed by atoms with Crippen molar-refractivity contribution >= 4 is 35.8 Å². The highest BCUT2D eigenvalue weighted by Gasteiger charge is 2.21. The average Bonchev–Trinajstić information content (AvgIpc) is 2.68. The summed E-state index contributed by atoms with van der Waals surface area (Å²) in [5.74, 6) is 0.330. The molecule has 7 heteroatoms. The zero-order chi connectivity index (χ0) is 20.6. The van der Waals surface area contributed by atoms with Crippen molar-refractivity contribution in [3.05, 3.63) is 71.0 Å². The van der Waals surface area contributed by atoms with E-state index < -0.39 is 0 Å². The molecule has 5 nitrogen and oxygen atoms in total. The molecule has 0 fully saturated rings. The van der Waals surface area contributed by atoms with E-state index in [0.717, 1.165) is 11.1 Å². The Bertz CT molecular complexity index is 839. The van der Waals surface area contributed by atoms with Gasteiger partial charge in [-0.1, -0.05) is 38.1 Å². The van der Waals surface area contributed by atoms with E-state index in [1.165, 1.54) is 6.07 Å². The van der Waals surface area contributed by atoms with Gasteiger partial charge in [-0.25, -0.2) is 4.39 Å². The Morgan fingerprint density at radius 1 is 1.07 bits per heavy atom. The first-order valence-corrected chi connectivity index (χ1v) is 9.43. The van der Waals surface area contributed by atoms with E-state index in [2.05, 4.69) is 34.8 Å². The number of hydrogen-bond acceptors (Lipinski definition) is 2. The van der Waals surface area contributed by atoms with E-state index in [-0.39, 0.29) is 41.1 Å². The Balaban J connectivity index is 0.00000420. The van der Waals surface area contributed by atoms with Crippen molar-refractivity contribution < 1.29 is 9.18 Å². The molecule has 0 aliphatic rings. The molecule has 0 aliphatic carbocycles. The van der Waals surface area contributed by atoms with E-state index in [9.17, 15) is 9.18 Å². The molecule has 0 unspecified atom stereocenters. The number of nitrogens with zero attached hydrogens (tertiary/aromatic N) is 1. The number of carbonyl (C=O) groups excluding carboxylic acids is 1. The molecule has 0 saturated heterocycles. The molecule has 1 amide bonds. The molecule has 0 atom stereocenters. The lowest BCUT2D eigenvalue weighted by Crippen LogP contribution is -2.43. The Labute approximate surface area is 189 Å². The Hall–Kier alpha value is -2.16. The van der Waals surface area contributed by atoms with E-state index in [1.54, 1.807) is 25.2 Å². The van der Waals surface area contributed by atoms with Crippen LogP contribution in [0.25, 0.3) is 0 Å². The summed E-state index contributed by atoms with van der Waals surface area (Å²) in [6.45, 7) is 7.72. The lowest BCUT2D eigenvalue weighted by molar-refractivity contribution is 0.0955. The number of carbonyl (C=O) groups is 1. The SMILES string of the molecule is CCNC(=O)c1cccc(CNC(=NC)NCC(C)(C)c2cccc(F)c2)c1.I. The number of guanidine groups is 1. The van der Waals surface area contributed by atoms with Crippen LogP contribution in [0.5, 0.6) is 0 Å². The van der Waals surface area contributed by atoms with Gasteiger partial charge < -0.3 is 16.0 Å². The van der Waals surface area contributed by atoms with Crippen LogP contribution in [0.3, 0.4) is 0 Å². The third-order valence-electron chi connectivity index (χ3n) is 4.51. The van der Waals surface area contributed by atoms with Gasteiger partial charge >= 0.3 is 0 Å². The van der Waals surface area contributed by atoms with Gasteiger partial charge in [0.2, 0.25) is 0 Å². The molecule has 29 heavy (non-hydrogen) atoms. The molecule has 2 rings (SSSR count). The maximum atomic E-state index is 13.5. The summed E-state index contributed by atoms with van der Waals surface area (Å²) < 4.78 is 13.5. The standard InChI is InChI=1S/C22H29FN4O.HI/c1-5-25-20(28)17-9-6-8-16(12-17)14-26-21(24-4)27-15-22(2,3)18-10-7-11-19(23)13-18;/h6-13H,5,14-15H2,1-4H3,(H,25,28)(H2,24,26,27);1H. The molecule has 3 N–H and O–H groups in total. The predicted octanol–water partition coefficient (Wildman–Crippen LogP) is 3.84. The molecule has 2 aromatic rings. The van der Waals surface area contributed by atoms with Crippen molar-refractivity contribution in [1.29, 1.82) is 0 Å². The van der Waals surface area contributed by atoms with Gasteiger partial charge in [0.05, 0.1) is 0 Å². The number of hydrogen-bond donors (Lipinski definition) is 3. The van der Waals surface area contributed by atoms with Crippen molar-refractivity contribution in [3.8, 4) is 0 Å². The second-order valence-electron chi connectivity index (χ2n) is 7.23. The second-order valence-corrected chi connectivity index (χ2v) is 7.23. The Morgan fingerprint density at radius 3 is 2.45 bits per heavy atom. The summed E-state index contributed by atoms with van der Waals surface area (Å²) in [6.07, 6.45) is 0. The van der Waals surface area contributed by atoms with Crippen LogP contribution < -0.4 is 16.0 Å². The fourth-order valence-electron chi connectivity index (χ4n) is 2.81. The number of nitrogens with one attached hydrogen (secondary N) is 3. The highest BCUT2D eigenvalue weighted by Crippen LogP contribution is 2.22. The van der Waals surface area contributed by atoms with Crippen LogP contribution in [0.2, 0.25) is 0 Å². The Morgan fingerprint density at radius 2 is 1.79 bits per heavy atom. The predicted molar refractivity (Wildman–Crippen MR) is 127 cm³/mol. The molecule has 0 bridgehead atoms. The minimum absolute atomic E-state index is 0. The highest BCUT2D eigenvalue weighted by atomic mass is 127. The van der Waals surface area contributed by atoms with Crippen molar-refractivity contribution in [2.75, 3.05) is 20.1 Å². The van der Waals surface area contributed by atoms with E-state index in [1.807, 2.05) is 31.2 Å². The topological polar surface area (TPSA) is 65.5 Å². The van der Waals surface area contributed by atoms with Gasteiger partial charge in [0, 0.05) is 37.7 Å². The van der Waals surface area contributed by atoms with Crippen molar-refractivity contribution in [3.63, 3.8) is 0 Å². The first-order chi connectivity index (χ1) is 13.4. The van der Waals surface area contributed by atoms with Crippen molar-refractivity contribution in [1.82, 2.24) is 16.0 Å². The van der Waals surface area contributed by atoms with Crippen LogP contribution >= 0.6 is 24.0 Å². The maximum absolute atomic E-state index is 13.5. The quantitative estimate of drug-likeness (QED) is 0.300. The molecule has 2 aromatic carbocycles. The summed E-state index contributed by atoms with van der Waals surface area (Å²) in [5.41, 5.74) is 2.27. The highest BCUT2D eigenvalue weighted by molar-refractivity contribution is 14.0. The number of benzene rings is 2. The van der Waals surface area contributed by atoms with Gasteiger partial charge in [0.15, 0.2) is 5.96 Å². The van der Waals surface area contributed by atoms with E-state index in [4.69, 9.17) is 0 Å². The number of aliphatic imine (C=N–C) groups is 1. The van der Waals surface area contributed by atoms with Gasteiger partial charge in [-0.05, 0) is 42.3 Å². The summed E-state index contributed by atoms with van der Waals surface area (Å²) >= 11 is 0. The molecular weight excluding hydrogens is 482 g/mol. The summed E-state index contributed by atoms with van der Waals surface area (Å²) in [7, 11) is 1.70. The number of rotatable bonds is 7. The number of amides is 1. The van der Waals surface area contributed by atoms with Gasteiger partial charge in [-0.3, -0.25) is 9.79 Å². The monoisotopic (exact) mass is 512 g/mol. The molecule has 0 saturated carbocycles. The average molecular weight is 512 g/mol. The first kappa shape index (κ1) is 24.9. The van der Waals surface area contributed by atoms with Gasteiger partial charge in [0.25, 0.3) is 5.91 Å². The molecule has 0 spiro atoms. The van der Waals surface area contributed by atoms with Gasteiger partial charge in [0.1, 0.15) is 5.82 Å². The fourth-order valence-corrected chi connectivity index (χ4v) is 2.81. The van der Waals surface area contributed by atoms with E-state index in [0.29, 0.717) is 31.2 Å². The smallest absolute Gasteiger partial charge is 0.251 e. The minimum Gasteiger partial charge on any atom is -0.356 e. The van der Waals surface area contributed by atoms with Gasteiger partial charge in [-0.2, -0.15) is 0 Å². The summed E-state index contributed by atoms with van der Waals surface area (Å²) in [5, 5.41) is 9.34. The second kappa shape index (κ2) is 11.7. The van der Waals surface area contributed by atoms with Gasteiger partial charge in [-0.15, -0.1) is 24.0 Å².